The van der Waals surface area contributed by atoms with Gasteiger partial charge in [0.15, 0.2) is 11.5 Å². The summed E-state index contributed by atoms with van der Waals surface area (Å²) < 4.78 is 64.4. The molecule has 0 spiro atoms. The number of carbonyl (C=O) groups is 1. The van der Waals surface area contributed by atoms with Gasteiger partial charge in [0.2, 0.25) is 0 Å². The fraction of sp³-hybridized carbons (Fsp3) is 0. The Morgan fingerprint density at radius 2 is 0.810 bits per heavy atom. The van der Waals surface area contributed by atoms with Gasteiger partial charge in [0.1, 0.15) is 11.4 Å². The lowest BCUT2D eigenvalue weighted by Crippen LogP contribution is -2.19. The number of aromatic hydroxyl groups is 2. The van der Waals surface area contributed by atoms with Gasteiger partial charge in [-0.3, -0.25) is 9.11 Å². The van der Waals surface area contributed by atoms with Crippen molar-refractivity contribution in [3.05, 3.63) is 133 Å². The van der Waals surface area contributed by atoms with Gasteiger partial charge in [-0.05, 0) is 129 Å². The number of nitrogens with zero attached hydrogens (tertiary/aromatic N) is 4. The number of phenolic OH excluding ortho intramolecular Hbond substituents is 2. The third-order valence-electron chi connectivity index (χ3n) is 9.19. The molecule has 0 aliphatic carbocycles. The predicted molar refractivity (Wildman–Crippen MR) is 220 cm³/mol. The largest absolute Gasteiger partial charge is 0.505 e. The molecule has 0 atom stereocenters. The van der Waals surface area contributed by atoms with Crippen LogP contribution in [0.5, 0.6) is 11.5 Å². The van der Waals surface area contributed by atoms with Gasteiger partial charge in [0.25, 0.3) is 20.2 Å². The molecule has 2 amide bonds. The molecule has 288 valence electrons. The number of urea groups is 1. The number of amides is 2. The van der Waals surface area contributed by atoms with Crippen LogP contribution in [0.15, 0.2) is 164 Å². The van der Waals surface area contributed by atoms with Crippen molar-refractivity contribution in [2.24, 2.45) is 20.5 Å². The SMILES string of the molecule is O=C(Nc1ccc2c(O)c(N=Nc3ccc4cc(S(=O)(=O)O)ccc4c3)ccc2c1)Nc1ccc2c(O)c(N=Nc3ccc4cc(S(=O)(=O)O)ccc4c3)ccc2c1. The molecular formula is C41H28N6O9S2. The fourth-order valence-electron chi connectivity index (χ4n) is 6.31. The van der Waals surface area contributed by atoms with Gasteiger partial charge in [-0.2, -0.15) is 27.1 Å². The molecule has 0 fully saturated rings. The zero-order valence-electron chi connectivity index (χ0n) is 29.6. The topological polar surface area (TPSA) is 240 Å². The molecule has 0 heterocycles. The molecule has 0 saturated heterocycles. The Hall–Kier alpha value is -7.31. The fourth-order valence-corrected chi connectivity index (χ4v) is 7.34. The smallest absolute Gasteiger partial charge is 0.323 e. The summed E-state index contributed by atoms with van der Waals surface area (Å²) in [6.07, 6.45) is 0. The molecule has 0 bridgehead atoms. The zero-order chi connectivity index (χ0) is 40.8. The van der Waals surface area contributed by atoms with E-state index in [2.05, 4.69) is 31.1 Å². The first-order chi connectivity index (χ1) is 27.7. The van der Waals surface area contributed by atoms with Gasteiger partial charge in [0.05, 0.1) is 21.2 Å². The van der Waals surface area contributed by atoms with Crippen molar-refractivity contribution in [2.75, 3.05) is 10.6 Å². The first kappa shape index (κ1) is 37.6. The second kappa shape index (κ2) is 14.6. The van der Waals surface area contributed by atoms with Gasteiger partial charge in [-0.1, -0.05) is 36.4 Å². The van der Waals surface area contributed by atoms with Gasteiger partial charge < -0.3 is 20.8 Å². The summed E-state index contributed by atoms with van der Waals surface area (Å²) >= 11 is 0. The summed E-state index contributed by atoms with van der Waals surface area (Å²) in [4.78, 5) is 12.5. The molecule has 0 aliphatic rings. The van der Waals surface area contributed by atoms with E-state index in [0.717, 1.165) is 0 Å². The Bertz CT molecular complexity index is 3080. The van der Waals surface area contributed by atoms with E-state index in [0.29, 0.717) is 65.8 Å². The minimum absolute atomic E-state index is 0.118. The minimum atomic E-state index is -4.34. The van der Waals surface area contributed by atoms with Gasteiger partial charge in [-0.25, -0.2) is 4.79 Å². The van der Waals surface area contributed by atoms with Crippen LogP contribution in [0.1, 0.15) is 0 Å². The molecular weight excluding hydrogens is 785 g/mol. The molecule has 8 rings (SSSR count). The maximum Gasteiger partial charge on any atom is 0.323 e. The van der Waals surface area contributed by atoms with Gasteiger partial charge in [0, 0.05) is 22.1 Å². The summed E-state index contributed by atoms with van der Waals surface area (Å²) in [5, 5.41) is 49.0. The molecule has 58 heavy (non-hydrogen) atoms. The predicted octanol–water partition coefficient (Wildman–Crippen LogP) is 10.7. The van der Waals surface area contributed by atoms with Crippen molar-refractivity contribution < 1.29 is 40.9 Å². The maximum atomic E-state index is 13.0. The van der Waals surface area contributed by atoms with E-state index in [4.69, 9.17) is 0 Å². The molecule has 8 aromatic carbocycles. The lowest BCUT2D eigenvalue weighted by atomic mass is 10.1. The van der Waals surface area contributed by atoms with Crippen molar-refractivity contribution in [1.82, 2.24) is 0 Å². The van der Waals surface area contributed by atoms with Crippen molar-refractivity contribution >= 4 is 103 Å². The lowest BCUT2D eigenvalue weighted by Gasteiger charge is -2.11. The first-order valence-electron chi connectivity index (χ1n) is 17.1. The Kier molecular flexibility index (Phi) is 9.49. The Balaban J connectivity index is 0.924. The van der Waals surface area contributed by atoms with Crippen LogP contribution in [-0.4, -0.2) is 42.2 Å². The average molecular weight is 813 g/mol. The summed E-state index contributed by atoms with van der Waals surface area (Å²) in [5.41, 5.74) is 2.23. The summed E-state index contributed by atoms with van der Waals surface area (Å²) in [6, 6.07) is 34.3. The number of hydrogen-bond donors (Lipinski definition) is 6. The number of hydrogen-bond acceptors (Lipinski definition) is 11. The second-order valence-corrected chi connectivity index (χ2v) is 15.9. The van der Waals surface area contributed by atoms with Crippen LogP contribution in [0.4, 0.5) is 38.9 Å². The molecule has 15 nitrogen and oxygen atoms in total. The van der Waals surface area contributed by atoms with Crippen LogP contribution in [-0.2, 0) is 20.2 Å². The summed E-state index contributed by atoms with van der Waals surface area (Å²) in [7, 11) is -8.67. The van der Waals surface area contributed by atoms with Crippen molar-refractivity contribution in [3.63, 3.8) is 0 Å². The summed E-state index contributed by atoms with van der Waals surface area (Å²) in [5.74, 6) is -0.236. The van der Waals surface area contributed by atoms with Gasteiger partial charge >= 0.3 is 6.03 Å². The average Bonchev–Trinajstić information content (AvgIpc) is 3.19. The van der Waals surface area contributed by atoms with E-state index in [9.17, 15) is 40.9 Å². The highest BCUT2D eigenvalue weighted by Gasteiger charge is 2.14. The molecule has 0 radical (unpaired) electrons. The highest BCUT2D eigenvalue weighted by atomic mass is 32.2. The van der Waals surface area contributed by atoms with E-state index < -0.39 is 26.3 Å². The van der Waals surface area contributed by atoms with Gasteiger partial charge in [-0.15, -0.1) is 10.2 Å². The minimum Gasteiger partial charge on any atom is -0.505 e. The molecule has 0 aliphatic heterocycles. The van der Waals surface area contributed by atoms with Crippen molar-refractivity contribution in [1.29, 1.82) is 0 Å². The highest BCUT2D eigenvalue weighted by Crippen LogP contribution is 2.39. The molecule has 8 aromatic rings. The Morgan fingerprint density at radius 3 is 1.22 bits per heavy atom. The van der Waals surface area contributed by atoms with Crippen LogP contribution in [0.25, 0.3) is 43.1 Å². The molecule has 0 saturated carbocycles. The number of fused-ring (bicyclic) bond motifs is 4. The molecule has 17 heteroatoms. The lowest BCUT2D eigenvalue weighted by molar-refractivity contribution is 0.262. The van der Waals surface area contributed by atoms with Crippen LogP contribution < -0.4 is 10.6 Å². The van der Waals surface area contributed by atoms with Crippen LogP contribution in [0.3, 0.4) is 0 Å². The van der Waals surface area contributed by atoms with E-state index in [1.165, 1.54) is 24.3 Å². The summed E-state index contributed by atoms with van der Waals surface area (Å²) in [6.45, 7) is 0. The third kappa shape index (κ3) is 7.86. The van der Waals surface area contributed by atoms with E-state index in [1.54, 1.807) is 109 Å². The van der Waals surface area contributed by atoms with Crippen LogP contribution in [0, 0.1) is 0 Å². The Morgan fingerprint density at radius 1 is 0.431 bits per heavy atom. The van der Waals surface area contributed by atoms with E-state index in [-0.39, 0.29) is 32.7 Å². The van der Waals surface area contributed by atoms with E-state index in [1.807, 2.05) is 0 Å². The Labute approximate surface area is 329 Å². The quantitative estimate of drug-likeness (QED) is 0.0630. The standard InChI is InChI=1S/C41H28N6O9S2/c48-39-35-13-9-29(19-27(35)5-15-37(39)46-44-31-7-1-25-21-33(57(51,52)53)11-3-23(25)17-31)42-41(50)43-30-10-14-36-28(20-30)6-16-38(40(36)49)47-45-32-8-2-26-22-34(58(54,55)56)12-4-24(26)18-32/h1-22,48-49H,(H2,42,43,50)(H,51,52,53)(H,54,55,56). The maximum absolute atomic E-state index is 13.0. The highest BCUT2D eigenvalue weighted by molar-refractivity contribution is 7.86. The third-order valence-corrected chi connectivity index (χ3v) is 10.9. The number of rotatable bonds is 8. The number of carbonyl (C=O) groups excluding carboxylic acids is 1. The normalized spacial score (nSPS) is 12.3. The number of anilines is 2. The first-order valence-corrected chi connectivity index (χ1v) is 20.0. The number of benzene rings is 8. The van der Waals surface area contributed by atoms with E-state index >= 15 is 0 Å². The second-order valence-electron chi connectivity index (χ2n) is 13.1. The number of azo groups is 2. The van der Waals surface area contributed by atoms with Crippen molar-refractivity contribution in [2.45, 2.75) is 9.79 Å². The number of phenols is 2. The van der Waals surface area contributed by atoms with Crippen molar-refractivity contribution in [3.8, 4) is 11.5 Å². The van der Waals surface area contributed by atoms with Crippen LogP contribution in [0.2, 0.25) is 0 Å². The van der Waals surface area contributed by atoms with Crippen LogP contribution >= 0.6 is 0 Å². The number of nitrogens with one attached hydrogen (secondary N) is 2. The zero-order valence-corrected chi connectivity index (χ0v) is 31.3. The molecule has 0 aromatic heterocycles. The molecule has 6 N–H and O–H groups in total. The monoisotopic (exact) mass is 812 g/mol. The molecule has 0 unspecified atom stereocenters.